The number of H-pyrrole nitrogens is 1. The van der Waals surface area contributed by atoms with Crippen LogP contribution in [0.5, 0.6) is 0 Å². The van der Waals surface area contributed by atoms with E-state index in [-0.39, 0.29) is 12.1 Å². The summed E-state index contributed by atoms with van der Waals surface area (Å²) in [5.74, 6) is 0. The fourth-order valence-electron chi connectivity index (χ4n) is 4.42. The molecule has 1 atom stereocenters. The van der Waals surface area contributed by atoms with Gasteiger partial charge in [-0.3, -0.25) is 0 Å². The van der Waals surface area contributed by atoms with E-state index in [2.05, 4.69) is 59.7 Å². The highest BCUT2D eigenvalue weighted by atomic mass is 35.5. The minimum Gasteiger partial charge on any atom is -0.356 e. The van der Waals surface area contributed by atoms with Gasteiger partial charge in [-0.2, -0.15) is 0 Å². The van der Waals surface area contributed by atoms with Crippen molar-refractivity contribution in [2.75, 3.05) is 11.9 Å². The third kappa shape index (κ3) is 3.57. The summed E-state index contributed by atoms with van der Waals surface area (Å²) in [5, 5.41) is 4.92. The normalized spacial score (nSPS) is 15.7. The van der Waals surface area contributed by atoms with Crippen molar-refractivity contribution in [2.24, 2.45) is 0 Å². The summed E-state index contributed by atoms with van der Waals surface area (Å²) in [6.07, 6.45) is 0.809. The van der Waals surface area contributed by atoms with Crippen molar-refractivity contribution in [1.82, 2.24) is 9.88 Å². The zero-order valence-electron chi connectivity index (χ0n) is 17.6. The molecule has 1 aliphatic heterocycles. The lowest BCUT2D eigenvalue weighted by atomic mass is 9.92. The monoisotopic (exact) mass is 429 g/mol. The van der Waals surface area contributed by atoms with E-state index in [4.69, 9.17) is 11.6 Å². The van der Waals surface area contributed by atoms with Crippen molar-refractivity contribution < 1.29 is 4.79 Å². The van der Waals surface area contributed by atoms with E-state index >= 15 is 0 Å². The number of nitrogens with one attached hydrogen (secondary N) is 2. The maximum atomic E-state index is 13.4. The number of hydrogen-bond acceptors (Lipinski definition) is 1. The number of fused-ring (bicyclic) bond motifs is 3. The number of hydrogen-bond donors (Lipinski definition) is 2. The summed E-state index contributed by atoms with van der Waals surface area (Å²) < 4.78 is 0. The lowest BCUT2D eigenvalue weighted by Crippen LogP contribution is -2.43. The highest BCUT2D eigenvalue weighted by Crippen LogP contribution is 2.38. The van der Waals surface area contributed by atoms with Crippen molar-refractivity contribution in [3.63, 3.8) is 0 Å². The number of amides is 2. The molecule has 0 fully saturated rings. The average Bonchev–Trinajstić information content (AvgIpc) is 3.15. The van der Waals surface area contributed by atoms with Gasteiger partial charge in [0.1, 0.15) is 0 Å². The summed E-state index contributed by atoms with van der Waals surface area (Å²) >= 11 is 6.26. The molecular weight excluding hydrogens is 406 g/mol. The van der Waals surface area contributed by atoms with Gasteiger partial charge in [-0.15, -0.1) is 0 Å². The van der Waals surface area contributed by atoms with Gasteiger partial charge in [-0.25, -0.2) is 4.79 Å². The number of aryl methyl sites for hydroxylation is 2. The second-order valence-electron chi connectivity index (χ2n) is 8.21. The van der Waals surface area contributed by atoms with E-state index in [0.717, 1.165) is 28.8 Å². The Bertz CT molecular complexity index is 1280. The molecule has 156 valence electrons. The van der Waals surface area contributed by atoms with Crippen LogP contribution in [0.3, 0.4) is 0 Å². The predicted octanol–water partition coefficient (Wildman–Crippen LogP) is 6.62. The molecule has 2 N–H and O–H groups in total. The zero-order chi connectivity index (χ0) is 21.5. The summed E-state index contributed by atoms with van der Waals surface area (Å²) in [6, 6.07) is 22.1. The lowest BCUT2D eigenvalue weighted by molar-refractivity contribution is 0.193. The van der Waals surface area contributed by atoms with Crippen LogP contribution in [-0.4, -0.2) is 22.5 Å². The molecule has 0 saturated carbocycles. The van der Waals surface area contributed by atoms with Crippen LogP contribution in [0.1, 0.15) is 34.0 Å². The van der Waals surface area contributed by atoms with Crippen molar-refractivity contribution in [2.45, 2.75) is 26.3 Å². The zero-order valence-corrected chi connectivity index (χ0v) is 18.3. The van der Waals surface area contributed by atoms with Crippen LogP contribution in [0.25, 0.3) is 10.9 Å². The first kappa shape index (κ1) is 19.7. The smallest absolute Gasteiger partial charge is 0.322 e. The number of aromatic nitrogens is 1. The summed E-state index contributed by atoms with van der Waals surface area (Å²) in [5.41, 5.74) is 7.47. The number of carbonyl (C=O) groups is 1. The number of nitrogens with zero attached hydrogens (tertiary/aromatic N) is 1. The van der Waals surface area contributed by atoms with E-state index in [1.54, 1.807) is 6.07 Å². The van der Waals surface area contributed by atoms with Crippen LogP contribution in [0.4, 0.5) is 10.5 Å². The molecule has 1 unspecified atom stereocenters. The molecule has 0 radical (unpaired) electrons. The highest BCUT2D eigenvalue weighted by molar-refractivity contribution is 6.31. The first-order valence-electron chi connectivity index (χ1n) is 10.5. The highest BCUT2D eigenvalue weighted by Gasteiger charge is 2.34. The number of aromatic amines is 1. The molecule has 4 aromatic rings. The van der Waals surface area contributed by atoms with Gasteiger partial charge in [0.25, 0.3) is 0 Å². The van der Waals surface area contributed by atoms with Crippen LogP contribution in [0.15, 0.2) is 66.7 Å². The van der Waals surface area contributed by atoms with Crippen LogP contribution >= 0.6 is 11.6 Å². The van der Waals surface area contributed by atoms with Gasteiger partial charge in [0, 0.05) is 33.9 Å². The van der Waals surface area contributed by atoms with Gasteiger partial charge in [0.15, 0.2) is 0 Å². The van der Waals surface area contributed by atoms with Gasteiger partial charge in [-0.1, -0.05) is 65.7 Å². The van der Waals surface area contributed by atoms with Crippen molar-refractivity contribution in [1.29, 1.82) is 0 Å². The molecule has 5 heteroatoms. The molecule has 0 spiro atoms. The fourth-order valence-corrected chi connectivity index (χ4v) is 4.60. The van der Waals surface area contributed by atoms with Gasteiger partial charge < -0.3 is 15.2 Å². The summed E-state index contributed by atoms with van der Waals surface area (Å²) in [6.45, 7) is 4.66. The van der Waals surface area contributed by atoms with Gasteiger partial charge in [0.05, 0.1) is 6.04 Å². The topological polar surface area (TPSA) is 48.1 Å². The Balaban J connectivity index is 1.56. The van der Waals surface area contributed by atoms with E-state index in [1.165, 1.54) is 16.5 Å². The minimum absolute atomic E-state index is 0.130. The molecule has 31 heavy (non-hydrogen) atoms. The number of para-hydroxylation sites is 1. The predicted molar refractivity (Wildman–Crippen MR) is 127 cm³/mol. The van der Waals surface area contributed by atoms with Crippen molar-refractivity contribution >= 4 is 34.2 Å². The standard InChI is InChI=1S/C26H24ClN3O/c1-16-7-10-18(11-8-16)25-24-21(20-5-3-4-6-23(20)29-24)13-14-30(25)26(31)28-19-12-9-17(2)22(27)15-19/h3-12,15,25,29H,13-14H2,1-2H3,(H,28,31). The van der Waals surface area contributed by atoms with Crippen LogP contribution < -0.4 is 5.32 Å². The SMILES string of the molecule is Cc1ccc(C2c3[nH]c4ccccc4c3CCN2C(=O)Nc2ccc(C)c(Cl)c2)cc1. The maximum absolute atomic E-state index is 13.4. The quantitative estimate of drug-likeness (QED) is 0.369. The first-order valence-corrected chi connectivity index (χ1v) is 10.9. The summed E-state index contributed by atoms with van der Waals surface area (Å²) in [4.78, 5) is 18.9. The molecule has 0 saturated heterocycles. The van der Waals surface area contributed by atoms with Crippen LogP contribution in [0.2, 0.25) is 5.02 Å². The van der Waals surface area contributed by atoms with Crippen molar-refractivity contribution in [3.05, 3.63) is 99.7 Å². The molecule has 3 aromatic carbocycles. The molecule has 0 aliphatic carbocycles. The maximum Gasteiger partial charge on any atom is 0.322 e. The number of urea groups is 1. The summed E-state index contributed by atoms with van der Waals surface area (Å²) in [7, 11) is 0. The Morgan fingerprint density at radius 3 is 2.61 bits per heavy atom. The molecular formula is C26H24ClN3O. The Morgan fingerprint density at radius 1 is 1.06 bits per heavy atom. The molecule has 4 nitrogen and oxygen atoms in total. The third-order valence-electron chi connectivity index (χ3n) is 6.11. The number of anilines is 1. The van der Waals surface area contributed by atoms with Gasteiger partial charge >= 0.3 is 6.03 Å². The Hall–Kier alpha value is -3.24. The lowest BCUT2D eigenvalue weighted by Gasteiger charge is -2.36. The Labute approximate surface area is 186 Å². The molecule has 1 aliphatic rings. The molecule has 1 aromatic heterocycles. The molecule has 5 rings (SSSR count). The number of rotatable bonds is 2. The van der Waals surface area contributed by atoms with Gasteiger partial charge in [0.2, 0.25) is 0 Å². The number of carbonyl (C=O) groups excluding carboxylic acids is 1. The molecule has 0 bridgehead atoms. The largest absolute Gasteiger partial charge is 0.356 e. The third-order valence-corrected chi connectivity index (χ3v) is 6.52. The Kier molecular flexibility index (Phi) is 4.95. The van der Waals surface area contributed by atoms with Crippen LogP contribution in [-0.2, 0) is 6.42 Å². The first-order chi connectivity index (χ1) is 15.0. The Morgan fingerprint density at radius 2 is 1.84 bits per heavy atom. The van der Waals surface area contributed by atoms with E-state index in [9.17, 15) is 4.79 Å². The average molecular weight is 430 g/mol. The van der Waals surface area contributed by atoms with E-state index in [0.29, 0.717) is 17.3 Å². The molecule has 2 heterocycles. The van der Waals surface area contributed by atoms with E-state index in [1.807, 2.05) is 30.0 Å². The second-order valence-corrected chi connectivity index (χ2v) is 8.62. The van der Waals surface area contributed by atoms with Crippen LogP contribution in [0, 0.1) is 13.8 Å². The number of benzene rings is 3. The van der Waals surface area contributed by atoms with Crippen molar-refractivity contribution in [3.8, 4) is 0 Å². The van der Waals surface area contributed by atoms with Gasteiger partial charge in [-0.05, 0) is 55.2 Å². The second kappa shape index (κ2) is 7.78. The number of halogens is 1. The fraction of sp³-hybridized carbons (Fsp3) is 0.192. The van der Waals surface area contributed by atoms with E-state index < -0.39 is 0 Å². The minimum atomic E-state index is -0.183. The molecule has 2 amide bonds.